The molecule has 23 heavy (non-hydrogen) atoms. The fraction of sp³-hybridized carbons (Fsp3) is 0.250. The summed E-state index contributed by atoms with van der Waals surface area (Å²) >= 11 is 0. The van der Waals surface area contributed by atoms with Crippen molar-refractivity contribution in [3.63, 3.8) is 0 Å². The van der Waals surface area contributed by atoms with Crippen LogP contribution < -0.4 is 0 Å². The van der Waals surface area contributed by atoms with Crippen molar-refractivity contribution in [2.45, 2.75) is 19.8 Å². The number of para-hydroxylation sites is 1. The van der Waals surface area contributed by atoms with E-state index in [-0.39, 0.29) is 5.91 Å². The van der Waals surface area contributed by atoms with Gasteiger partial charge in [-0.15, -0.1) is 0 Å². The second-order valence-corrected chi connectivity index (χ2v) is 6.23. The smallest absolute Gasteiger partial charge is 0.254 e. The summed E-state index contributed by atoms with van der Waals surface area (Å²) in [5, 5.41) is 1.30. The largest absolute Gasteiger partial charge is 0.358 e. The van der Waals surface area contributed by atoms with Crippen molar-refractivity contribution in [2.75, 3.05) is 13.1 Å². The Morgan fingerprint density at radius 2 is 1.74 bits per heavy atom. The first kappa shape index (κ1) is 14.1. The molecule has 1 amide bonds. The summed E-state index contributed by atoms with van der Waals surface area (Å²) in [6.07, 6.45) is 1.80. The summed E-state index contributed by atoms with van der Waals surface area (Å²) in [4.78, 5) is 18.3. The first-order valence-electron chi connectivity index (χ1n) is 8.17. The molecule has 3 aromatic rings. The van der Waals surface area contributed by atoms with E-state index in [0.29, 0.717) is 0 Å². The third kappa shape index (κ3) is 2.42. The van der Waals surface area contributed by atoms with Crippen molar-refractivity contribution in [3.05, 3.63) is 70.9 Å². The molecule has 3 heteroatoms. The molecule has 2 heterocycles. The predicted octanol–water partition coefficient (Wildman–Crippen LogP) is 3.72. The minimum absolute atomic E-state index is 0.151. The van der Waals surface area contributed by atoms with Gasteiger partial charge in [0.15, 0.2) is 0 Å². The number of hydrogen-bond donors (Lipinski definition) is 1. The summed E-state index contributed by atoms with van der Waals surface area (Å²) in [6.45, 7) is 3.55. The van der Waals surface area contributed by atoms with Crippen LogP contribution in [0, 0.1) is 6.92 Å². The Labute approximate surface area is 135 Å². The van der Waals surface area contributed by atoms with Crippen molar-refractivity contribution < 1.29 is 4.79 Å². The molecule has 4 rings (SSSR count). The van der Waals surface area contributed by atoms with Gasteiger partial charge in [0, 0.05) is 41.7 Å². The van der Waals surface area contributed by atoms with Crippen LogP contribution in [0.25, 0.3) is 10.9 Å². The number of aromatic nitrogens is 1. The van der Waals surface area contributed by atoms with Gasteiger partial charge >= 0.3 is 0 Å². The van der Waals surface area contributed by atoms with Gasteiger partial charge in [-0.25, -0.2) is 0 Å². The van der Waals surface area contributed by atoms with Gasteiger partial charge in [-0.1, -0.05) is 36.4 Å². The maximum atomic E-state index is 12.8. The topological polar surface area (TPSA) is 36.1 Å². The Bertz CT molecular complexity index is 878. The van der Waals surface area contributed by atoms with Crippen LogP contribution in [0.3, 0.4) is 0 Å². The van der Waals surface area contributed by atoms with Crippen LogP contribution in [0.15, 0.2) is 48.5 Å². The van der Waals surface area contributed by atoms with Gasteiger partial charge in [0.05, 0.1) is 0 Å². The van der Waals surface area contributed by atoms with Crippen LogP contribution in [0.5, 0.6) is 0 Å². The minimum Gasteiger partial charge on any atom is -0.358 e. The fourth-order valence-electron chi connectivity index (χ4n) is 3.55. The monoisotopic (exact) mass is 304 g/mol. The van der Waals surface area contributed by atoms with E-state index in [9.17, 15) is 4.79 Å². The molecule has 1 N–H and O–H groups in total. The number of benzene rings is 2. The van der Waals surface area contributed by atoms with Gasteiger partial charge in [-0.3, -0.25) is 4.79 Å². The fourth-order valence-corrected chi connectivity index (χ4v) is 3.55. The molecule has 3 nitrogen and oxygen atoms in total. The predicted molar refractivity (Wildman–Crippen MR) is 92.8 cm³/mol. The lowest BCUT2D eigenvalue weighted by molar-refractivity contribution is 0.0762. The SMILES string of the molecule is Cc1ccccc1C(=O)N1CCc2[nH]c3ccccc3c2CC1. The molecular weight excluding hydrogens is 284 g/mol. The van der Waals surface area contributed by atoms with Crippen LogP contribution in [0.1, 0.15) is 27.2 Å². The second-order valence-electron chi connectivity index (χ2n) is 6.23. The van der Waals surface area contributed by atoms with Gasteiger partial charge in [-0.05, 0) is 36.6 Å². The molecule has 0 unspecified atom stereocenters. The molecule has 2 aromatic carbocycles. The Balaban J connectivity index is 1.61. The van der Waals surface area contributed by atoms with E-state index < -0.39 is 0 Å². The number of rotatable bonds is 1. The molecular formula is C20H20N2O. The van der Waals surface area contributed by atoms with Gasteiger partial charge < -0.3 is 9.88 Å². The van der Waals surface area contributed by atoms with Gasteiger partial charge in [0.1, 0.15) is 0 Å². The van der Waals surface area contributed by atoms with Crippen molar-refractivity contribution in [1.29, 1.82) is 0 Å². The molecule has 0 fully saturated rings. The molecule has 1 aliphatic heterocycles. The molecule has 1 aliphatic rings. The lowest BCUT2D eigenvalue weighted by atomic mass is 10.1. The number of carbonyl (C=O) groups excluding carboxylic acids is 1. The van der Waals surface area contributed by atoms with Crippen LogP contribution in [0.2, 0.25) is 0 Å². The highest BCUT2D eigenvalue weighted by atomic mass is 16.2. The highest BCUT2D eigenvalue weighted by Crippen LogP contribution is 2.26. The molecule has 0 aliphatic carbocycles. The first-order chi connectivity index (χ1) is 11.2. The van der Waals surface area contributed by atoms with Crippen LogP contribution in [-0.2, 0) is 12.8 Å². The van der Waals surface area contributed by atoms with Gasteiger partial charge in [-0.2, -0.15) is 0 Å². The van der Waals surface area contributed by atoms with E-state index in [2.05, 4.69) is 29.2 Å². The molecule has 0 saturated carbocycles. The summed E-state index contributed by atoms with van der Waals surface area (Å²) in [5.74, 6) is 0.151. The summed E-state index contributed by atoms with van der Waals surface area (Å²) in [6, 6.07) is 16.3. The third-order valence-corrected chi connectivity index (χ3v) is 4.83. The maximum absolute atomic E-state index is 12.8. The normalized spacial score (nSPS) is 14.6. The number of hydrogen-bond acceptors (Lipinski definition) is 1. The maximum Gasteiger partial charge on any atom is 0.254 e. The molecule has 0 spiro atoms. The standard InChI is InChI=1S/C20H20N2O/c1-14-6-2-3-7-15(14)20(23)22-12-10-17-16-8-4-5-9-18(16)21-19(17)11-13-22/h2-9,21H,10-13H2,1H3. The molecule has 0 radical (unpaired) electrons. The molecule has 1 aromatic heterocycles. The first-order valence-corrected chi connectivity index (χ1v) is 8.17. The number of H-pyrrole nitrogens is 1. The Morgan fingerprint density at radius 3 is 2.61 bits per heavy atom. The van der Waals surface area contributed by atoms with Crippen LogP contribution in [-0.4, -0.2) is 28.9 Å². The zero-order valence-electron chi connectivity index (χ0n) is 13.3. The number of carbonyl (C=O) groups is 1. The van der Waals surface area contributed by atoms with E-state index in [1.807, 2.05) is 36.1 Å². The number of nitrogens with zero attached hydrogens (tertiary/aromatic N) is 1. The average molecular weight is 304 g/mol. The minimum atomic E-state index is 0.151. The molecule has 0 saturated heterocycles. The average Bonchev–Trinajstić information content (AvgIpc) is 2.79. The number of amides is 1. The van der Waals surface area contributed by atoms with Crippen molar-refractivity contribution in [2.24, 2.45) is 0 Å². The Morgan fingerprint density at radius 1 is 1.00 bits per heavy atom. The number of aryl methyl sites for hydroxylation is 1. The summed E-state index contributed by atoms with van der Waals surface area (Å²) in [7, 11) is 0. The van der Waals surface area contributed by atoms with Crippen molar-refractivity contribution >= 4 is 16.8 Å². The molecule has 116 valence electrons. The van der Waals surface area contributed by atoms with E-state index in [1.54, 1.807) is 0 Å². The van der Waals surface area contributed by atoms with E-state index in [0.717, 1.165) is 37.1 Å². The van der Waals surface area contributed by atoms with Gasteiger partial charge in [0.25, 0.3) is 5.91 Å². The second kappa shape index (κ2) is 5.58. The zero-order chi connectivity index (χ0) is 15.8. The highest BCUT2D eigenvalue weighted by Gasteiger charge is 2.22. The summed E-state index contributed by atoms with van der Waals surface area (Å²) < 4.78 is 0. The number of aromatic amines is 1. The zero-order valence-corrected chi connectivity index (χ0v) is 13.3. The van der Waals surface area contributed by atoms with E-state index in [1.165, 1.54) is 22.2 Å². The van der Waals surface area contributed by atoms with Crippen LogP contribution in [0.4, 0.5) is 0 Å². The number of nitrogens with one attached hydrogen (secondary N) is 1. The van der Waals surface area contributed by atoms with E-state index in [4.69, 9.17) is 0 Å². The summed E-state index contributed by atoms with van der Waals surface area (Å²) in [5.41, 5.74) is 5.73. The lowest BCUT2D eigenvalue weighted by Crippen LogP contribution is -2.33. The van der Waals surface area contributed by atoms with Crippen molar-refractivity contribution in [3.8, 4) is 0 Å². The van der Waals surface area contributed by atoms with E-state index >= 15 is 0 Å². The Kier molecular flexibility index (Phi) is 3.41. The van der Waals surface area contributed by atoms with Gasteiger partial charge in [0.2, 0.25) is 0 Å². The molecule has 0 atom stereocenters. The van der Waals surface area contributed by atoms with Crippen molar-refractivity contribution in [1.82, 2.24) is 9.88 Å². The lowest BCUT2D eigenvalue weighted by Gasteiger charge is -2.21. The Hall–Kier alpha value is -2.55. The quantitative estimate of drug-likeness (QED) is 0.731. The number of fused-ring (bicyclic) bond motifs is 3. The van der Waals surface area contributed by atoms with Crippen LogP contribution >= 0.6 is 0 Å². The third-order valence-electron chi connectivity index (χ3n) is 4.83. The molecule has 0 bridgehead atoms. The highest BCUT2D eigenvalue weighted by molar-refractivity contribution is 5.95.